The Morgan fingerprint density at radius 1 is 1.48 bits per heavy atom. The van der Waals surface area contributed by atoms with E-state index in [2.05, 4.69) is 10.3 Å². The highest BCUT2D eigenvalue weighted by Crippen LogP contribution is 2.22. The van der Waals surface area contributed by atoms with Crippen LogP contribution in [-0.4, -0.2) is 23.4 Å². The van der Waals surface area contributed by atoms with E-state index in [1.165, 1.54) is 11.6 Å². The van der Waals surface area contributed by atoms with Crippen LogP contribution in [0.4, 0.5) is 5.88 Å². The van der Waals surface area contributed by atoms with Gasteiger partial charge in [-0.1, -0.05) is 0 Å². The van der Waals surface area contributed by atoms with Crippen LogP contribution in [0.3, 0.4) is 0 Å². The minimum absolute atomic E-state index is 0.0333. The summed E-state index contributed by atoms with van der Waals surface area (Å²) in [5.74, 6) is 0.377. The van der Waals surface area contributed by atoms with Crippen molar-refractivity contribution >= 4 is 11.8 Å². The van der Waals surface area contributed by atoms with Crippen molar-refractivity contribution in [1.29, 1.82) is 0 Å². The number of ether oxygens (including phenoxy) is 1. The number of aliphatic hydroxyl groups is 1. The highest BCUT2D eigenvalue weighted by Gasteiger charge is 2.28. The van der Waals surface area contributed by atoms with Crippen molar-refractivity contribution in [3.63, 3.8) is 0 Å². The molecule has 1 heterocycles. The molecule has 2 rings (SSSR count). The van der Waals surface area contributed by atoms with Gasteiger partial charge in [-0.2, -0.15) is 0 Å². The number of aromatic nitrogens is 2. The Labute approximate surface area is 122 Å². The van der Waals surface area contributed by atoms with Crippen LogP contribution in [0.1, 0.15) is 31.2 Å². The molecule has 112 valence electrons. The zero-order valence-corrected chi connectivity index (χ0v) is 12.1. The average molecular weight is 291 g/mol. The Kier molecular flexibility index (Phi) is 4.54. The molecule has 0 radical (unpaired) electrons. The number of methoxy groups -OCH3 is 1. The standard InChI is InChI=1S/C14H17N3O4/c1-9(18)13-14(15-10(2)19)21-16-17(13)8-11-4-6-12(20-3)7-5-11/h4-7,9,18H,8H2,1-3H3. The molecule has 0 aliphatic rings. The largest absolute Gasteiger partial charge is 0.862 e. The Bertz CT molecular complexity index is 628. The maximum atomic E-state index is 11.1. The van der Waals surface area contributed by atoms with Gasteiger partial charge in [-0.15, -0.1) is 0 Å². The number of nitrogens with zero attached hydrogens (tertiary/aromatic N) is 3. The molecule has 0 amide bonds. The second-order valence-corrected chi connectivity index (χ2v) is 4.58. The number of hydrogen-bond donors (Lipinski definition) is 1. The van der Waals surface area contributed by atoms with E-state index in [-0.39, 0.29) is 5.88 Å². The van der Waals surface area contributed by atoms with E-state index in [4.69, 9.17) is 9.26 Å². The van der Waals surface area contributed by atoms with Crippen molar-refractivity contribution in [2.45, 2.75) is 26.5 Å². The van der Waals surface area contributed by atoms with Crippen LogP contribution >= 0.6 is 0 Å². The molecule has 1 N–H and O–H groups in total. The number of rotatable bonds is 5. The van der Waals surface area contributed by atoms with Gasteiger partial charge in [0.05, 0.1) is 7.11 Å². The molecular formula is C14H17N3O4. The first-order valence-corrected chi connectivity index (χ1v) is 6.44. The SMILES string of the molecule is COc1ccc(C[n+]2noc(/N=C(/C)[O-])c2C(C)O)cc1. The van der Waals surface area contributed by atoms with Gasteiger partial charge in [0.15, 0.2) is 0 Å². The van der Waals surface area contributed by atoms with Crippen molar-refractivity contribution in [3.8, 4) is 5.75 Å². The normalized spacial score (nSPS) is 13.2. The summed E-state index contributed by atoms with van der Waals surface area (Å²) < 4.78 is 11.6. The Morgan fingerprint density at radius 3 is 2.67 bits per heavy atom. The summed E-state index contributed by atoms with van der Waals surface area (Å²) >= 11 is 0. The van der Waals surface area contributed by atoms with Gasteiger partial charge in [0.1, 0.15) is 11.9 Å². The predicted molar refractivity (Wildman–Crippen MR) is 72.2 cm³/mol. The van der Waals surface area contributed by atoms with Gasteiger partial charge in [-0.3, -0.25) is 4.52 Å². The molecule has 1 unspecified atom stereocenters. The maximum absolute atomic E-state index is 11.1. The van der Waals surface area contributed by atoms with Gasteiger partial charge in [0.2, 0.25) is 11.8 Å². The fourth-order valence-corrected chi connectivity index (χ4v) is 1.92. The van der Waals surface area contributed by atoms with Gasteiger partial charge in [-0.25, -0.2) is 4.99 Å². The molecule has 1 aromatic heterocycles. The molecule has 21 heavy (non-hydrogen) atoms. The second-order valence-electron chi connectivity index (χ2n) is 4.58. The highest BCUT2D eigenvalue weighted by molar-refractivity contribution is 5.71. The third-order valence-electron chi connectivity index (χ3n) is 2.87. The van der Waals surface area contributed by atoms with Crippen molar-refractivity contribution in [2.24, 2.45) is 4.99 Å². The number of aliphatic hydroxyl groups excluding tert-OH is 1. The quantitative estimate of drug-likeness (QED) is 0.491. The van der Waals surface area contributed by atoms with E-state index in [1.54, 1.807) is 14.0 Å². The maximum Gasteiger partial charge on any atom is 0.326 e. The molecule has 2 aromatic rings. The monoisotopic (exact) mass is 291 g/mol. The minimum atomic E-state index is -0.854. The molecule has 0 saturated carbocycles. The molecule has 0 spiro atoms. The lowest BCUT2D eigenvalue weighted by molar-refractivity contribution is -0.763. The summed E-state index contributed by atoms with van der Waals surface area (Å²) in [6.45, 7) is 3.26. The minimum Gasteiger partial charge on any atom is -0.862 e. The highest BCUT2D eigenvalue weighted by atomic mass is 16.5. The third-order valence-corrected chi connectivity index (χ3v) is 2.87. The predicted octanol–water partition coefficient (Wildman–Crippen LogP) is 0.482. The van der Waals surface area contributed by atoms with Crippen LogP contribution in [0.15, 0.2) is 33.8 Å². The van der Waals surface area contributed by atoms with E-state index >= 15 is 0 Å². The van der Waals surface area contributed by atoms with E-state index in [1.807, 2.05) is 24.3 Å². The van der Waals surface area contributed by atoms with Crippen molar-refractivity contribution < 1.29 is 24.2 Å². The number of hydrogen-bond acceptors (Lipinski definition) is 6. The summed E-state index contributed by atoms with van der Waals surface area (Å²) in [4.78, 5) is 3.70. The van der Waals surface area contributed by atoms with E-state index in [9.17, 15) is 10.2 Å². The zero-order valence-electron chi connectivity index (χ0n) is 12.1. The fourth-order valence-electron chi connectivity index (χ4n) is 1.92. The van der Waals surface area contributed by atoms with Gasteiger partial charge in [0, 0.05) is 5.56 Å². The van der Waals surface area contributed by atoms with Gasteiger partial charge < -0.3 is 14.9 Å². The molecule has 0 aliphatic heterocycles. The Balaban J connectivity index is 2.30. The molecule has 0 fully saturated rings. The van der Waals surface area contributed by atoms with Crippen LogP contribution in [0.2, 0.25) is 0 Å². The van der Waals surface area contributed by atoms with Crippen LogP contribution < -0.4 is 14.5 Å². The molecule has 7 heteroatoms. The summed E-state index contributed by atoms with van der Waals surface area (Å²) in [6.07, 6.45) is -0.854. The van der Waals surface area contributed by atoms with Crippen molar-refractivity contribution in [3.05, 3.63) is 35.5 Å². The molecule has 0 bridgehead atoms. The van der Waals surface area contributed by atoms with Gasteiger partial charge >= 0.3 is 11.6 Å². The van der Waals surface area contributed by atoms with Crippen molar-refractivity contribution in [2.75, 3.05) is 7.11 Å². The molecule has 7 nitrogen and oxygen atoms in total. The number of benzene rings is 1. The summed E-state index contributed by atoms with van der Waals surface area (Å²) in [5, 5.41) is 24.7. The molecular weight excluding hydrogens is 274 g/mol. The topological polar surface area (TPSA) is 94.8 Å². The average Bonchev–Trinajstić information content (AvgIpc) is 2.81. The van der Waals surface area contributed by atoms with Gasteiger partial charge in [-0.05, 0) is 48.7 Å². The first kappa shape index (κ1) is 15.0. The lowest BCUT2D eigenvalue weighted by Gasteiger charge is -2.02. The van der Waals surface area contributed by atoms with E-state index in [0.717, 1.165) is 11.3 Å². The van der Waals surface area contributed by atoms with Crippen LogP contribution in [0, 0.1) is 0 Å². The Morgan fingerprint density at radius 2 is 2.14 bits per heavy atom. The van der Waals surface area contributed by atoms with E-state index < -0.39 is 12.0 Å². The van der Waals surface area contributed by atoms with Gasteiger partial charge in [0.25, 0.3) is 0 Å². The first-order valence-electron chi connectivity index (χ1n) is 6.44. The second kappa shape index (κ2) is 6.36. The summed E-state index contributed by atoms with van der Waals surface area (Å²) in [5.41, 5.74) is 1.31. The smallest absolute Gasteiger partial charge is 0.326 e. The first-order chi connectivity index (χ1) is 10.0. The summed E-state index contributed by atoms with van der Waals surface area (Å²) in [7, 11) is 1.60. The van der Waals surface area contributed by atoms with E-state index in [0.29, 0.717) is 12.2 Å². The number of aliphatic imine (C=N–C) groups is 1. The lowest BCUT2D eigenvalue weighted by atomic mass is 10.2. The molecule has 1 aromatic carbocycles. The zero-order chi connectivity index (χ0) is 15.4. The molecule has 0 aliphatic carbocycles. The third kappa shape index (κ3) is 3.57. The molecule has 0 saturated heterocycles. The van der Waals surface area contributed by atoms with Crippen LogP contribution in [-0.2, 0) is 6.54 Å². The van der Waals surface area contributed by atoms with Crippen molar-refractivity contribution in [1.82, 2.24) is 5.27 Å². The van der Waals surface area contributed by atoms with Crippen LogP contribution in [0.25, 0.3) is 0 Å². The van der Waals surface area contributed by atoms with Crippen LogP contribution in [0.5, 0.6) is 5.75 Å². The fraction of sp³-hybridized carbons (Fsp3) is 0.357. The summed E-state index contributed by atoms with van der Waals surface area (Å²) in [6, 6.07) is 7.43. The lowest BCUT2D eigenvalue weighted by Crippen LogP contribution is -2.40. The Hall–Kier alpha value is -2.41. The molecule has 1 atom stereocenters.